The molecule has 128 valence electrons. The van der Waals surface area contributed by atoms with Gasteiger partial charge in [-0.05, 0) is 48.9 Å². The molecule has 0 aliphatic heterocycles. The Hall–Kier alpha value is -1.74. The fourth-order valence-corrected chi connectivity index (χ4v) is 3.62. The van der Waals surface area contributed by atoms with Crippen LogP contribution >= 0.6 is 11.8 Å². The van der Waals surface area contributed by atoms with E-state index in [1.165, 1.54) is 22.3 Å². The Kier molecular flexibility index (Phi) is 6.50. The number of thioether (sulfide) groups is 1. The summed E-state index contributed by atoms with van der Waals surface area (Å²) in [6.45, 7) is 10.6. The van der Waals surface area contributed by atoms with Gasteiger partial charge in [0.25, 0.3) is 0 Å². The molecule has 1 N–H and O–H groups in total. The van der Waals surface area contributed by atoms with Crippen molar-refractivity contribution in [3.63, 3.8) is 0 Å². The molecule has 0 aliphatic rings. The van der Waals surface area contributed by atoms with E-state index in [-0.39, 0.29) is 5.91 Å². The summed E-state index contributed by atoms with van der Waals surface area (Å²) in [5, 5.41) is 3.11. The number of carbonyl (C=O) groups is 1. The van der Waals surface area contributed by atoms with E-state index in [4.69, 9.17) is 0 Å². The second-order valence-electron chi connectivity index (χ2n) is 6.66. The van der Waals surface area contributed by atoms with Gasteiger partial charge in [-0.25, -0.2) is 0 Å². The average molecular weight is 342 g/mol. The summed E-state index contributed by atoms with van der Waals surface area (Å²) >= 11 is 1.66. The van der Waals surface area contributed by atoms with Crippen LogP contribution in [0.1, 0.15) is 47.6 Å². The van der Waals surface area contributed by atoms with Crippen LogP contribution in [0.15, 0.2) is 36.4 Å². The zero-order valence-corrected chi connectivity index (χ0v) is 16.1. The number of rotatable bonds is 6. The number of hydrogen-bond acceptors (Lipinski definition) is 2. The van der Waals surface area contributed by atoms with E-state index in [1.54, 1.807) is 11.8 Å². The Labute approximate surface area is 150 Å². The maximum absolute atomic E-state index is 12.3. The van der Waals surface area contributed by atoms with E-state index in [9.17, 15) is 4.79 Å². The molecule has 0 saturated carbocycles. The van der Waals surface area contributed by atoms with Crippen molar-refractivity contribution in [2.75, 3.05) is 11.1 Å². The first-order valence-corrected chi connectivity index (χ1v) is 9.57. The minimum atomic E-state index is 0.0708. The lowest BCUT2D eigenvalue weighted by molar-refractivity contribution is -0.113. The molecule has 0 radical (unpaired) electrons. The molecular formula is C21H27NOS. The number of anilines is 1. The summed E-state index contributed by atoms with van der Waals surface area (Å²) in [7, 11) is 0. The highest BCUT2D eigenvalue weighted by molar-refractivity contribution is 7.99. The highest BCUT2D eigenvalue weighted by Gasteiger charge is 2.12. The zero-order chi connectivity index (χ0) is 17.7. The summed E-state index contributed by atoms with van der Waals surface area (Å²) in [4.78, 5) is 12.3. The van der Waals surface area contributed by atoms with E-state index in [2.05, 4.69) is 63.3 Å². The van der Waals surface area contributed by atoms with Gasteiger partial charge in [0.05, 0.1) is 5.75 Å². The lowest BCUT2D eigenvalue weighted by Crippen LogP contribution is -2.16. The normalized spacial score (nSPS) is 10.9. The van der Waals surface area contributed by atoms with Gasteiger partial charge in [-0.3, -0.25) is 4.79 Å². The first-order chi connectivity index (χ1) is 11.4. The summed E-state index contributed by atoms with van der Waals surface area (Å²) < 4.78 is 0. The van der Waals surface area contributed by atoms with E-state index >= 15 is 0 Å². The number of benzene rings is 2. The van der Waals surface area contributed by atoms with Gasteiger partial charge >= 0.3 is 0 Å². The van der Waals surface area contributed by atoms with Gasteiger partial charge in [0, 0.05) is 11.4 Å². The molecule has 0 atom stereocenters. The number of nitrogens with one attached hydrogen (secondary N) is 1. The molecule has 2 nitrogen and oxygen atoms in total. The molecule has 0 aromatic heterocycles. The van der Waals surface area contributed by atoms with Crippen molar-refractivity contribution in [1.29, 1.82) is 0 Å². The Morgan fingerprint density at radius 1 is 1.08 bits per heavy atom. The Morgan fingerprint density at radius 2 is 1.83 bits per heavy atom. The lowest BCUT2D eigenvalue weighted by Gasteiger charge is -2.16. The molecule has 0 saturated heterocycles. The minimum absolute atomic E-state index is 0.0708. The van der Waals surface area contributed by atoms with Gasteiger partial charge in [0.2, 0.25) is 5.91 Å². The van der Waals surface area contributed by atoms with Crippen molar-refractivity contribution in [3.8, 4) is 0 Å². The van der Waals surface area contributed by atoms with Crippen molar-refractivity contribution in [1.82, 2.24) is 0 Å². The summed E-state index contributed by atoms with van der Waals surface area (Å²) in [5.41, 5.74) is 7.16. The first kappa shape index (κ1) is 18.6. The minimum Gasteiger partial charge on any atom is -0.325 e. The molecule has 2 rings (SSSR count). The van der Waals surface area contributed by atoms with E-state index < -0.39 is 0 Å². The van der Waals surface area contributed by atoms with Crippen molar-refractivity contribution in [2.45, 2.75) is 46.3 Å². The average Bonchev–Trinajstić information content (AvgIpc) is 2.52. The number of hydrogen-bond donors (Lipinski definition) is 1. The molecular weight excluding hydrogens is 314 g/mol. The molecule has 0 aliphatic carbocycles. The molecule has 2 aromatic rings. The summed E-state index contributed by atoms with van der Waals surface area (Å²) in [6.07, 6.45) is 0. The van der Waals surface area contributed by atoms with Crippen LogP contribution in [0, 0.1) is 20.8 Å². The third-order valence-corrected chi connectivity index (χ3v) is 5.17. The SMILES string of the molecule is Cc1ccc(C)c(CSCC(=O)Nc2c(C)cccc2C(C)C)c1. The monoisotopic (exact) mass is 341 g/mol. The molecule has 2 aromatic carbocycles. The maximum Gasteiger partial charge on any atom is 0.234 e. The van der Waals surface area contributed by atoms with E-state index in [1.807, 2.05) is 13.0 Å². The Morgan fingerprint density at radius 3 is 2.54 bits per heavy atom. The standard InChI is InChI=1S/C21H27NOS/c1-14(2)19-8-6-7-17(5)21(19)22-20(23)13-24-12-18-11-15(3)9-10-16(18)4/h6-11,14H,12-13H2,1-5H3,(H,22,23). The van der Waals surface area contributed by atoms with Crippen LogP contribution < -0.4 is 5.32 Å². The number of carbonyl (C=O) groups excluding carboxylic acids is 1. The van der Waals surface area contributed by atoms with E-state index in [0.717, 1.165) is 17.0 Å². The topological polar surface area (TPSA) is 29.1 Å². The molecule has 0 heterocycles. The predicted molar refractivity (Wildman–Crippen MR) is 106 cm³/mol. The summed E-state index contributed by atoms with van der Waals surface area (Å²) in [6, 6.07) is 12.7. The van der Waals surface area contributed by atoms with Gasteiger partial charge in [-0.2, -0.15) is 0 Å². The smallest absolute Gasteiger partial charge is 0.234 e. The van der Waals surface area contributed by atoms with Crippen LogP contribution in [0.2, 0.25) is 0 Å². The number of para-hydroxylation sites is 1. The highest BCUT2D eigenvalue weighted by Crippen LogP contribution is 2.27. The quantitative estimate of drug-likeness (QED) is 0.740. The van der Waals surface area contributed by atoms with Gasteiger partial charge in [0.15, 0.2) is 0 Å². The largest absolute Gasteiger partial charge is 0.325 e. The molecule has 0 unspecified atom stereocenters. The molecule has 0 bridgehead atoms. The molecule has 0 spiro atoms. The highest BCUT2D eigenvalue weighted by atomic mass is 32.2. The second-order valence-corrected chi connectivity index (χ2v) is 7.65. The third-order valence-electron chi connectivity index (χ3n) is 4.19. The van der Waals surface area contributed by atoms with Gasteiger partial charge in [0.1, 0.15) is 0 Å². The van der Waals surface area contributed by atoms with Crippen LogP contribution in [0.5, 0.6) is 0 Å². The molecule has 3 heteroatoms. The van der Waals surface area contributed by atoms with Crippen LogP contribution in [0.3, 0.4) is 0 Å². The Balaban J connectivity index is 1.96. The number of amides is 1. The fourth-order valence-electron chi connectivity index (χ4n) is 2.73. The lowest BCUT2D eigenvalue weighted by atomic mass is 9.98. The van der Waals surface area contributed by atoms with Crippen molar-refractivity contribution in [2.24, 2.45) is 0 Å². The van der Waals surface area contributed by atoms with Crippen LogP contribution in [0.25, 0.3) is 0 Å². The fraction of sp³-hybridized carbons (Fsp3) is 0.381. The van der Waals surface area contributed by atoms with Crippen LogP contribution in [-0.4, -0.2) is 11.7 Å². The van der Waals surface area contributed by atoms with Crippen molar-refractivity contribution >= 4 is 23.4 Å². The number of aryl methyl sites for hydroxylation is 3. The van der Waals surface area contributed by atoms with E-state index in [0.29, 0.717) is 11.7 Å². The second kappa shape index (κ2) is 8.39. The van der Waals surface area contributed by atoms with Crippen molar-refractivity contribution in [3.05, 3.63) is 64.2 Å². The Bertz CT molecular complexity index is 722. The van der Waals surface area contributed by atoms with Gasteiger partial charge in [-0.15, -0.1) is 11.8 Å². The molecule has 1 amide bonds. The van der Waals surface area contributed by atoms with Crippen molar-refractivity contribution < 1.29 is 4.79 Å². The van der Waals surface area contributed by atoms with Gasteiger partial charge in [-0.1, -0.05) is 55.8 Å². The molecule has 0 fully saturated rings. The van der Waals surface area contributed by atoms with Crippen LogP contribution in [0.4, 0.5) is 5.69 Å². The van der Waals surface area contributed by atoms with Crippen LogP contribution in [-0.2, 0) is 10.5 Å². The predicted octanol–water partition coefficient (Wildman–Crippen LogP) is 5.61. The third kappa shape index (κ3) is 4.88. The van der Waals surface area contributed by atoms with Gasteiger partial charge < -0.3 is 5.32 Å². The summed E-state index contributed by atoms with van der Waals surface area (Å²) in [5.74, 6) is 1.80. The molecule has 24 heavy (non-hydrogen) atoms. The first-order valence-electron chi connectivity index (χ1n) is 8.41. The maximum atomic E-state index is 12.3. The zero-order valence-electron chi connectivity index (χ0n) is 15.3.